The summed E-state index contributed by atoms with van der Waals surface area (Å²) in [5.41, 5.74) is 4.65. The second kappa shape index (κ2) is 9.96. The van der Waals surface area contributed by atoms with Crippen molar-refractivity contribution in [1.29, 1.82) is 0 Å². The highest BCUT2D eigenvalue weighted by molar-refractivity contribution is 6.08. The van der Waals surface area contributed by atoms with Crippen LogP contribution in [0.25, 0.3) is 21.8 Å². The summed E-state index contributed by atoms with van der Waals surface area (Å²) in [5.74, 6) is -0.446. The molecule has 0 bridgehead atoms. The van der Waals surface area contributed by atoms with E-state index < -0.39 is 0 Å². The van der Waals surface area contributed by atoms with E-state index >= 15 is 0 Å². The van der Waals surface area contributed by atoms with Crippen molar-refractivity contribution in [1.82, 2.24) is 0 Å². The van der Waals surface area contributed by atoms with Crippen molar-refractivity contribution in [3.8, 4) is 0 Å². The second-order valence-electron chi connectivity index (χ2n) is 8.62. The van der Waals surface area contributed by atoms with Crippen molar-refractivity contribution in [3.05, 3.63) is 108 Å². The zero-order chi connectivity index (χ0) is 25.1. The number of fused-ring (bicyclic) bond motifs is 2. The van der Waals surface area contributed by atoms with Crippen LogP contribution >= 0.6 is 0 Å². The standard InChI is InChI=1S/C30H26N4O2/c1-3-33-17-5-7-23-19-25(13-15-27(23)33)31-29(35)21-9-11-22(12-10-21)30(36)32-26-14-16-28-24(20-26)8-6-18-34(28)4-2/h5-20H,3-4H2,1-2H3/p+2. The first-order valence-electron chi connectivity index (χ1n) is 12.1. The summed E-state index contributed by atoms with van der Waals surface area (Å²) in [6, 6.07) is 26.5. The van der Waals surface area contributed by atoms with E-state index in [1.54, 1.807) is 24.3 Å². The van der Waals surface area contributed by atoms with Crippen molar-refractivity contribution in [2.75, 3.05) is 10.6 Å². The fourth-order valence-electron chi connectivity index (χ4n) is 4.45. The van der Waals surface area contributed by atoms with Gasteiger partial charge < -0.3 is 10.6 Å². The third kappa shape index (κ3) is 4.66. The van der Waals surface area contributed by atoms with Gasteiger partial charge in [-0.05, 0) is 74.5 Å². The maximum atomic E-state index is 12.8. The van der Waals surface area contributed by atoms with Gasteiger partial charge in [0.05, 0.1) is 0 Å². The van der Waals surface area contributed by atoms with Crippen LogP contribution in [0.2, 0.25) is 0 Å². The lowest BCUT2D eigenvalue weighted by molar-refractivity contribution is -0.668. The fraction of sp³-hybridized carbons (Fsp3) is 0.133. The van der Waals surface area contributed by atoms with E-state index in [2.05, 4.69) is 33.6 Å². The molecule has 5 aromatic rings. The minimum Gasteiger partial charge on any atom is -0.322 e. The summed E-state index contributed by atoms with van der Waals surface area (Å²) in [6.45, 7) is 5.95. The molecule has 0 saturated carbocycles. The lowest BCUT2D eigenvalue weighted by Gasteiger charge is -2.09. The van der Waals surface area contributed by atoms with Gasteiger partial charge in [0.15, 0.2) is 12.4 Å². The van der Waals surface area contributed by atoms with Gasteiger partial charge in [0.1, 0.15) is 13.1 Å². The lowest BCUT2D eigenvalue weighted by atomic mass is 10.1. The molecule has 0 saturated heterocycles. The van der Waals surface area contributed by atoms with Crippen LogP contribution in [0.1, 0.15) is 34.6 Å². The van der Waals surface area contributed by atoms with Gasteiger partial charge in [-0.15, -0.1) is 0 Å². The Hall–Kier alpha value is -4.58. The van der Waals surface area contributed by atoms with E-state index in [1.165, 1.54) is 0 Å². The zero-order valence-electron chi connectivity index (χ0n) is 20.4. The number of carbonyl (C=O) groups is 2. The SMILES string of the molecule is CC[n+]1cccc2cc(NC(=O)c3ccc(C(=O)Nc4ccc5c(ccc[n+]5CC)c4)cc3)ccc21. The van der Waals surface area contributed by atoms with Gasteiger partial charge >= 0.3 is 0 Å². The van der Waals surface area contributed by atoms with Gasteiger partial charge in [0.2, 0.25) is 11.0 Å². The highest BCUT2D eigenvalue weighted by Crippen LogP contribution is 2.19. The highest BCUT2D eigenvalue weighted by atomic mass is 16.2. The molecule has 2 aromatic heterocycles. The molecule has 6 nitrogen and oxygen atoms in total. The Morgan fingerprint density at radius 3 is 1.42 bits per heavy atom. The number of nitrogens with zero attached hydrogens (tertiary/aromatic N) is 2. The molecule has 0 fully saturated rings. The molecule has 0 radical (unpaired) electrons. The Labute approximate surface area is 209 Å². The Morgan fingerprint density at radius 1 is 0.611 bits per heavy atom. The van der Waals surface area contributed by atoms with Crippen molar-refractivity contribution in [2.45, 2.75) is 26.9 Å². The Bertz CT molecular complexity index is 1470. The van der Waals surface area contributed by atoms with Crippen molar-refractivity contribution in [2.24, 2.45) is 0 Å². The third-order valence-corrected chi connectivity index (χ3v) is 6.36. The number of amides is 2. The summed E-state index contributed by atoms with van der Waals surface area (Å²) in [6.07, 6.45) is 4.08. The maximum Gasteiger partial charge on any atom is 0.255 e. The molecule has 3 aromatic carbocycles. The van der Waals surface area contributed by atoms with Crippen LogP contribution in [0.15, 0.2) is 97.3 Å². The zero-order valence-corrected chi connectivity index (χ0v) is 20.4. The fourth-order valence-corrected chi connectivity index (χ4v) is 4.45. The van der Waals surface area contributed by atoms with E-state index in [9.17, 15) is 9.59 Å². The maximum absolute atomic E-state index is 12.8. The molecule has 2 amide bonds. The van der Waals surface area contributed by atoms with Crippen LogP contribution in [0, 0.1) is 0 Å². The van der Waals surface area contributed by atoms with Gasteiger partial charge in [-0.25, -0.2) is 0 Å². The van der Waals surface area contributed by atoms with Gasteiger partial charge in [0, 0.05) is 57.5 Å². The lowest BCUT2D eigenvalue weighted by Crippen LogP contribution is -2.32. The van der Waals surface area contributed by atoms with Crippen molar-refractivity contribution >= 4 is 45.0 Å². The van der Waals surface area contributed by atoms with E-state index in [-0.39, 0.29) is 11.8 Å². The van der Waals surface area contributed by atoms with Crippen molar-refractivity contribution < 1.29 is 18.7 Å². The van der Waals surface area contributed by atoms with Gasteiger partial charge in [-0.2, -0.15) is 9.13 Å². The van der Waals surface area contributed by atoms with Crippen LogP contribution in [-0.4, -0.2) is 11.8 Å². The van der Waals surface area contributed by atoms with Crippen LogP contribution < -0.4 is 19.8 Å². The number of hydrogen-bond donors (Lipinski definition) is 2. The molecule has 0 unspecified atom stereocenters. The number of hydrogen-bond acceptors (Lipinski definition) is 2. The highest BCUT2D eigenvalue weighted by Gasteiger charge is 2.13. The third-order valence-electron chi connectivity index (χ3n) is 6.36. The Kier molecular flexibility index (Phi) is 6.41. The molecule has 0 aliphatic heterocycles. The molecule has 2 N–H and O–H groups in total. The number of nitrogens with one attached hydrogen (secondary N) is 2. The molecule has 0 aliphatic carbocycles. The largest absolute Gasteiger partial charge is 0.322 e. The van der Waals surface area contributed by atoms with E-state index in [1.807, 2.05) is 73.1 Å². The monoisotopic (exact) mass is 476 g/mol. The van der Waals surface area contributed by atoms with Crippen LogP contribution in [0.3, 0.4) is 0 Å². The molecule has 178 valence electrons. The van der Waals surface area contributed by atoms with Crippen LogP contribution in [0.4, 0.5) is 11.4 Å². The molecule has 0 spiro atoms. The Morgan fingerprint density at radius 2 is 1.03 bits per heavy atom. The summed E-state index contributed by atoms with van der Waals surface area (Å²) in [4.78, 5) is 25.6. The van der Waals surface area contributed by atoms with E-state index in [4.69, 9.17) is 0 Å². The normalized spacial score (nSPS) is 10.9. The molecule has 2 heterocycles. The van der Waals surface area contributed by atoms with Gasteiger partial charge in [-0.1, -0.05) is 0 Å². The summed E-state index contributed by atoms with van der Waals surface area (Å²) >= 11 is 0. The number of rotatable bonds is 6. The summed E-state index contributed by atoms with van der Waals surface area (Å²) < 4.78 is 4.31. The van der Waals surface area contributed by atoms with Crippen LogP contribution in [0.5, 0.6) is 0 Å². The molecule has 36 heavy (non-hydrogen) atoms. The smallest absolute Gasteiger partial charge is 0.255 e. The van der Waals surface area contributed by atoms with Crippen LogP contribution in [-0.2, 0) is 13.1 Å². The Balaban J connectivity index is 1.27. The molecule has 0 atom stereocenters. The van der Waals surface area contributed by atoms with E-state index in [0.29, 0.717) is 11.1 Å². The molecular formula is C30H28N4O2+2. The van der Waals surface area contributed by atoms with E-state index in [0.717, 1.165) is 46.3 Å². The first kappa shape index (κ1) is 23.2. The number of aromatic nitrogens is 2. The molecule has 0 aliphatic rings. The number of anilines is 2. The minimum atomic E-state index is -0.223. The molecule has 5 rings (SSSR count). The molecule has 6 heteroatoms. The van der Waals surface area contributed by atoms with Crippen molar-refractivity contribution in [3.63, 3.8) is 0 Å². The molecular weight excluding hydrogens is 448 g/mol. The number of aryl methyl sites for hydroxylation is 2. The van der Waals surface area contributed by atoms with Gasteiger partial charge in [-0.3, -0.25) is 9.59 Å². The second-order valence-corrected chi connectivity index (χ2v) is 8.62. The summed E-state index contributed by atoms with van der Waals surface area (Å²) in [7, 11) is 0. The first-order chi connectivity index (χ1) is 17.6. The number of benzene rings is 3. The average molecular weight is 477 g/mol. The predicted molar refractivity (Wildman–Crippen MR) is 142 cm³/mol. The quantitative estimate of drug-likeness (QED) is 0.335. The van der Waals surface area contributed by atoms with Gasteiger partial charge in [0.25, 0.3) is 11.8 Å². The first-order valence-corrected chi connectivity index (χ1v) is 12.1. The topological polar surface area (TPSA) is 66.0 Å². The number of pyridine rings is 2. The minimum absolute atomic E-state index is 0.223. The average Bonchev–Trinajstić information content (AvgIpc) is 2.92. The predicted octanol–water partition coefficient (Wildman–Crippen LogP) is 5.11. The summed E-state index contributed by atoms with van der Waals surface area (Å²) in [5, 5.41) is 8.02. The number of carbonyl (C=O) groups excluding carboxylic acids is 2.